The van der Waals surface area contributed by atoms with Crippen LogP contribution >= 0.6 is 0 Å². The van der Waals surface area contributed by atoms with Crippen molar-refractivity contribution in [2.75, 3.05) is 13.1 Å². The molecular formula is C26H34FN5O5. The number of aliphatic imine (C=N–C) groups is 1. The minimum Gasteiger partial charge on any atom is -0.427 e. The molecule has 0 aromatic heterocycles. The van der Waals surface area contributed by atoms with Gasteiger partial charge in [0, 0.05) is 36.8 Å². The maximum Gasteiger partial charge on any atom is 0.528 e. The van der Waals surface area contributed by atoms with Crippen molar-refractivity contribution in [3.8, 4) is 0 Å². The Labute approximate surface area is 215 Å². The van der Waals surface area contributed by atoms with Crippen LogP contribution in [-0.4, -0.2) is 59.8 Å². The van der Waals surface area contributed by atoms with Gasteiger partial charge in [-0.1, -0.05) is 0 Å². The lowest BCUT2D eigenvalue weighted by atomic mass is 9.85. The highest BCUT2D eigenvalue weighted by molar-refractivity contribution is 6.06. The summed E-state index contributed by atoms with van der Waals surface area (Å²) in [5.74, 6) is -0.544. The molecule has 0 radical (unpaired) electrons. The molecule has 4 rings (SSSR count). The predicted octanol–water partition coefficient (Wildman–Crippen LogP) is 3.01. The molecule has 2 atom stereocenters. The molecule has 10 nitrogen and oxygen atoms in total. The third-order valence-electron chi connectivity index (χ3n) is 6.51. The lowest BCUT2D eigenvalue weighted by Crippen LogP contribution is -2.52. The van der Waals surface area contributed by atoms with Crippen molar-refractivity contribution in [2.45, 2.75) is 70.6 Å². The summed E-state index contributed by atoms with van der Waals surface area (Å²) in [4.78, 5) is 46.7. The number of carbonyl (C=O) groups excluding carboxylic acids is 3. The molecular weight excluding hydrogens is 481 g/mol. The highest BCUT2D eigenvalue weighted by Gasteiger charge is 2.33. The van der Waals surface area contributed by atoms with Gasteiger partial charge in [-0.3, -0.25) is 14.9 Å². The molecule has 1 aromatic carbocycles. The summed E-state index contributed by atoms with van der Waals surface area (Å²) < 4.78 is 18.3. The number of hydroxylamine groups is 2. The van der Waals surface area contributed by atoms with Crippen molar-refractivity contribution in [2.24, 2.45) is 10.9 Å². The summed E-state index contributed by atoms with van der Waals surface area (Å²) in [6, 6.07) is 5.35. The zero-order chi connectivity index (χ0) is 26.6. The Morgan fingerprint density at radius 3 is 2.46 bits per heavy atom. The van der Waals surface area contributed by atoms with E-state index < -0.39 is 17.6 Å². The molecule has 2 fully saturated rings. The lowest BCUT2D eigenvalue weighted by molar-refractivity contribution is -0.158. The smallest absolute Gasteiger partial charge is 0.427 e. The molecule has 0 bridgehead atoms. The number of halogens is 1. The van der Waals surface area contributed by atoms with Crippen LogP contribution in [0.1, 0.15) is 63.2 Å². The van der Waals surface area contributed by atoms with E-state index in [4.69, 9.17) is 9.57 Å². The molecule has 1 aliphatic carbocycles. The van der Waals surface area contributed by atoms with E-state index in [1.807, 2.05) is 0 Å². The van der Waals surface area contributed by atoms with E-state index in [9.17, 15) is 18.8 Å². The van der Waals surface area contributed by atoms with Crippen LogP contribution in [0.5, 0.6) is 0 Å². The topological polar surface area (TPSA) is 121 Å². The molecule has 1 aromatic rings. The second-order valence-electron chi connectivity index (χ2n) is 10.6. The third-order valence-corrected chi connectivity index (χ3v) is 6.51. The average molecular weight is 516 g/mol. The van der Waals surface area contributed by atoms with Crippen LogP contribution in [0.3, 0.4) is 0 Å². The summed E-state index contributed by atoms with van der Waals surface area (Å²) in [5, 5.41) is 10.7. The number of hydrogen-bond acceptors (Lipinski definition) is 8. The molecule has 2 unspecified atom stereocenters. The average Bonchev–Trinajstić information content (AvgIpc) is 2.83. The number of nitrogens with zero attached hydrogens (tertiary/aromatic N) is 2. The molecule has 37 heavy (non-hydrogen) atoms. The number of rotatable bonds is 4. The Morgan fingerprint density at radius 2 is 1.78 bits per heavy atom. The molecule has 11 heteroatoms. The lowest BCUT2D eigenvalue weighted by Gasteiger charge is -2.36. The quantitative estimate of drug-likeness (QED) is 0.527. The molecule has 2 amide bonds. The van der Waals surface area contributed by atoms with E-state index in [-0.39, 0.29) is 29.8 Å². The van der Waals surface area contributed by atoms with Crippen molar-refractivity contribution in [1.82, 2.24) is 21.0 Å². The van der Waals surface area contributed by atoms with Crippen LogP contribution < -0.4 is 16.0 Å². The first-order valence-corrected chi connectivity index (χ1v) is 12.6. The number of ether oxygens (including phenoxy) is 1. The predicted molar refractivity (Wildman–Crippen MR) is 134 cm³/mol. The van der Waals surface area contributed by atoms with Gasteiger partial charge < -0.3 is 20.2 Å². The summed E-state index contributed by atoms with van der Waals surface area (Å²) in [5.41, 5.74) is 0.786. The second kappa shape index (κ2) is 11.3. The van der Waals surface area contributed by atoms with Gasteiger partial charge in [-0.25, -0.2) is 14.2 Å². The van der Waals surface area contributed by atoms with Gasteiger partial charge in [-0.05, 0) is 82.7 Å². The minimum absolute atomic E-state index is 0.0124. The van der Waals surface area contributed by atoms with E-state index in [1.165, 1.54) is 24.3 Å². The van der Waals surface area contributed by atoms with E-state index in [1.54, 1.807) is 32.0 Å². The summed E-state index contributed by atoms with van der Waals surface area (Å²) in [6.07, 6.45) is 4.44. The Kier molecular flexibility index (Phi) is 8.11. The fourth-order valence-corrected chi connectivity index (χ4v) is 4.61. The van der Waals surface area contributed by atoms with Gasteiger partial charge in [0.1, 0.15) is 11.4 Å². The normalized spacial score (nSPS) is 22.5. The Balaban J connectivity index is 1.22. The highest BCUT2D eigenvalue weighted by atomic mass is 19.1. The van der Waals surface area contributed by atoms with Gasteiger partial charge in [0.05, 0.1) is 6.04 Å². The van der Waals surface area contributed by atoms with E-state index in [0.29, 0.717) is 43.9 Å². The van der Waals surface area contributed by atoms with Crippen LogP contribution in [0, 0.1) is 11.7 Å². The Hall–Kier alpha value is -3.47. The molecule has 0 spiro atoms. The van der Waals surface area contributed by atoms with Gasteiger partial charge in [0.2, 0.25) is 11.9 Å². The fraction of sp³-hybridized carbons (Fsp3) is 0.538. The molecule has 3 N–H and O–H groups in total. The van der Waals surface area contributed by atoms with Crippen LogP contribution in [0.4, 0.5) is 9.18 Å². The molecule has 1 saturated heterocycles. The van der Waals surface area contributed by atoms with E-state index >= 15 is 0 Å². The number of fused-ring (bicyclic) bond motifs is 1. The van der Waals surface area contributed by atoms with Crippen molar-refractivity contribution >= 4 is 23.9 Å². The van der Waals surface area contributed by atoms with Crippen molar-refractivity contribution in [3.05, 3.63) is 47.4 Å². The third kappa shape index (κ3) is 7.51. The van der Waals surface area contributed by atoms with Crippen molar-refractivity contribution < 1.29 is 28.3 Å². The number of piperidine rings is 1. The fourth-order valence-electron chi connectivity index (χ4n) is 4.61. The number of hydrogen-bond donors (Lipinski definition) is 3. The Bertz CT molecular complexity index is 1070. The number of nitrogens with one attached hydrogen (secondary N) is 3. The SMILES string of the molecule is CC(C)(C)OC(=O)ON1CCC(C(=O)NC2CCC3NC(NC(=O)c4ccc(F)cc4)=NC=C3C2)CC1. The molecule has 1 saturated carbocycles. The first kappa shape index (κ1) is 26.6. The summed E-state index contributed by atoms with van der Waals surface area (Å²) in [7, 11) is 0. The second-order valence-corrected chi connectivity index (χ2v) is 10.6. The number of benzene rings is 1. The largest absolute Gasteiger partial charge is 0.528 e. The zero-order valence-corrected chi connectivity index (χ0v) is 21.4. The van der Waals surface area contributed by atoms with Crippen molar-refractivity contribution in [1.29, 1.82) is 0 Å². The number of guanidine groups is 1. The maximum atomic E-state index is 13.1. The zero-order valence-electron chi connectivity index (χ0n) is 21.4. The minimum atomic E-state index is -0.734. The van der Waals surface area contributed by atoms with Crippen LogP contribution in [0.25, 0.3) is 0 Å². The first-order valence-electron chi connectivity index (χ1n) is 12.6. The first-order chi connectivity index (χ1) is 17.6. The van der Waals surface area contributed by atoms with Gasteiger partial charge in [-0.15, -0.1) is 5.06 Å². The monoisotopic (exact) mass is 515 g/mol. The molecule has 3 aliphatic rings. The van der Waals surface area contributed by atoms with Gasteiger partial charge in [0.25, 0.3) is 5.91 Å². The van der Waals surface area contributed by atoms with Crippen LogP contribution in [-0.2, 0) is 14.4 Å². The number of amides is 2. The summed E-state index contributed by atoms with van der Waals surface area (Å²) >= 11 is 0. The van der Waals surface area contributed by atoms with E-state index in [2.05, 4.69) is 20.9 Å². The van der Waals surface area contributed by atoms with Crippen molar-refractivity contribution in [3.63, 3.8) is 0 Å². The number of carbonyl (C=O) groups is 3. The maximum absolute atomic E-state index is 13.1. The molecule has 2 aliphatic heterocycles. The molecule has 2 heterocycles. The van der Waals surface area contributed by atoms with Crippen LogP contribution in [0.15, 0.2) is 41.0 Å². The summed E-state index contributed by atoms with van der Waals surface area (Å²) in [6.45, 7) is 6.27. The molecule has 200 valence electrons. The van der Waals surface area contributed by atoms with Gasteiger partial charge >= 0.3 is 6.16 Å². The highest BCUT2D eigenvalue weighted by Crippen LogP contribution is 2.27. The van der Waals surface area contributed by atoms with E-state index in [0.717, 1.165) is 18.4 Å². The Morgan fingerprint density at radius 1 is 1.08 bits per heavy atom. The van der Waals surface area contributed by atoms with Gasteiger partial charge in [0.15, 0.2) is 0 Å². The van der Waals surface area contributed by atoms with Crippen LogP contribution in [0.2, 0.25) is 0 Å². The standard InChI is InChI=1S/C26H34FN5O5/c1-26(2,3)36-25(35)37-32-12-10-17(11-13-32)22(33)29-20-8-9-21-18(14-20)15-28-24(30-21)31-23(34)16-4-6-19(27)7-5-16/h4-7,15,17,20-21H,8-14H2,1-3H3,(H,29,33)(H2,28,30,31,34). The van der Waals surface area contributed by atoms with Gasteiger partial charge in [-0.2, -0.15) is 0 Å².